The van der Waals surface area contributed by atoms with Gasteiger partial charge in [0.15, 0.2) is 0 Å². The molecule has 1 aliphatic heterocycles. The van der Waals surface area contributed by atoms with Gasteiger partial charge >= 0.3 is 0 Å². The largest absolute Gasteiger partial charge is 0.379 e. The molecule has 0 spiro atoms. The van der Waals surface area contributed by atoms with E-state index in [0.717, 1.165) is 45.3 Å². The molecule has 0 aromatic heterocycles. The molecule has 1 aromatic rings. The van der Waals surface area contributed by atoms with E-state index in [-0.39, 0.29) is 36.8 Å². The fourth-order valence-corrected chi connectivity index (χ4v) is 3.33. The van der Waals surface area contributed by atoms with Crippen molar-refractivity contribution in [2.75, 3.05) is 45.9 Å². The number of rotatable bonds is 9. The Morgan fingerprint density at radius 2 is 1.89 bits per heavy atom. The molecule has 154 valence electrons. The topological polar surface area (TPSA) is 44.8 Å². The zero-order chi connectivity index (χ0) is 17.5. The lowest BCUT2D eigenvalue weighted by atomic mass is 10.1. The summed E-state index contributed by atoms with van der Waals surface area (Å²) in [6, 6.07) is 10.5. The van der Waals surface area contributed by atoms with Crippen LogP contribution >= 0.6 is 24.8 Å². The van der Waals surface area contributed by atoms with Crippen molar-refractivity contribution in [1.29, 1.82) is 0 Å². The minimum Gasteiger partial charge on any atom is -0.379 e. The van der Waals surface area contributed by atoms with Crippen LogP contribution in [0.25, 0.3) is 0 Å². The molecule has 1 aromatic carbocycles. The quantitative estimate of drug-likeness (QED) is 0.670. The van der Waals surface area contributed by atoms with Crippen molar-refractivity contribution in [1.82, 2.24) is 15.1 Å². The third-order valence-electron chi connectivity index (χ3n) is 5.08. The average Bonchev–Trinajstić information content (AvgIpc) is 3.45. The Bertz CT molecular complexity index is 537. The monoisotopic (exact) mass is 417 g/mol. The van der Waals surface area contributed by atoms with Gasteiger partial charge in [-0.2, -0.15) is 0 Å². The van der Waals surface area contributed by atoms with Crippen LogP contribution in [0.1, 0.15) is 25.3 Å². The van der Waals surface area contributed by atoms with E-state index < -0.39 is 0 Å². The molecule has 1 unspecified atom stereocenters. The van der Waals surface area contributed by atoms with Crippen molar-refractivity contribution in [3.05, 3.63) is 35.9 Å². The number of nitrogens with zero attached hydrogens (tertiary/aromatic N) is 2. The Balaban J connectivity index is 0.00000182. The second kappa shape index (κ2) is 12.6. The number of benzene rings is 1. The first-order chi connectivity index (χ1) is 12.2. The molecule has 2 fully saturated rings. The number of hydrogen-bond acceptors (Lipinski definition) is 4. The summed E-state index contributed by atoms with van der Waals surface area (Å²) in [5.41, 5.74) is 1.19. The normalized spacial score (nSPS) is 18.1. The zero-order valence-corrected chi connectivity index (χ0v) is 17.8. The summed E-state index contributed by atoms with van der Waals surface area (Å²) in [6.45, 7) is 8.66. The van der Waals surface area contributed by atoms with Gasteiger partial charge in [0.25, 0.3) is 0 Å². The Hall–Kier alpha value is -0.850. The van der Waals surface area contributed by atoms with Gasteiger partial charge < -0.3 is 15.0 Å². The van der Waals surface area contributed by atoms with Crippen molar-refractivity contribution in [3.8, 4) is 0 Å². The lowest BCUT2D eigenvalue weighted by Crippen LogP contribution is -2.49. The molecule has 2 aliphatic rings. The summed E-state index contributed by atoms with van der Waals surface area (Å²) < 4.78 is 5.43. The van der Waals surface area contributed by atoms with Gasteiger partial charge in [0, 0.05) is 32.2 Å². The van der Waals surface area contributed by atoms with Gasteiger partial charge in [-0.1, -0.05) is 30.3 Å². The second-order valence-electron chi connectivity index (χ2n) is 7.34. The Kier molecular flexibility index (Phi) is 11.3. The van der Waals surface area contributed by atoms with Crippen LogP contribution in [-0.4, -0.2) is 67.7 Å². The number of ether oxygens (including phenoxy) is 1. The molecule has 27 heavy (non-hydrogen) atoms. The third kappa shape index (κ3) is 8.36. The highest BCUT2D eigenvalue weighted by Gasteiger charge is 2.25. The Labute approximate surface area is 175 Å². The highest BCUT2D eigenvalue weighted by molar-refractivity contribution is 5.85. The highest BCUT2D eigenvalue weighted by Crippen LogP contribution is 2.27. The summed E-state index contributed by atoms with van der Waals surface area (Å²) in [5, 5.41) is 3.35. The Morgan fingerprint density at radius 3 is 2.52 bits per heavy atom. The first-order valence-electron chi connectivity index (χ1n) is 9.56. The molecule has 1 amide bonds. The van der Waals surface area contributed by atoms with Gasteiger partial charge in [-0.3, -0.25) is 9.69 Å². The maximum atomic E-state index is 12.9. The number of halogens is 2. The number of amides is 1. The van der Waals surface area contributed by atoms with E-state index in [2.05, 4.69) is 29.3 Å². The predicted octanol–water partition coefficient (Wildman–Crippen LogP) is 2.58. The molecule has 3 rings (SSSR count). The number of carbonyl (C=O) groups is 1. The number of nitrogens with one attached hydrogen (secondary N) is 1. The minimum absolute atomic E-state index is 0. The van der Waals surface area contributed by atoms with Crippen LogP contribution < -0.4 is 5.32 Å². The van der Waals surface area contributed by atoms with E-state index in [1.54, 1.807) is 0 Å². The van der Waals surface area contributed by atoms with Gasteiger partial charge in [-0.05, 0) is 37.8 Å². The molecular weight excluding hydrogens is 385 g/mol. The van der Waals surface area contributed by atoms with E-state index in [1.807, 2.05) is 23.1 Å². The molecule has 7 heteroatoms. The van der Waals surface area contributed by atoms with E-state index >= 15 is 0 Å². The molecule has 1 aliphatic carbocycles. The molecule has 1 heterocycles. The lowest BCUT2D eigenvalue weighted by molar-refractivity contribution is -0.133. The number of morpholine rings is 1. The van der Waals surface area contributed by atoms with Crippen molar-refractivity contribution in [2.24, 2.45) is 5.92 Å². The first-order valence-corrected chi connectivity index (χ1v) is 9.56. The van der Waals surface area contributed by atoms with Crippen LogP contribution in [0, 0.1) is 5.92 Å². The van der Waals surface area contributed by atoms with Crippen molar-refractivity contribution >= 4 is 30.7 Å². The molecule has 1 saturated heterocycles. The van der Waals surface area contributed by atoms with Crippen molar-refractivity contribution in [2.45, 2.75) is 32.4 Å². The fraction of sp³-hybridized carbons (Fsp3) is 0.650. The number of carbonyl (C=O) groups excluding carboxylic acids is 1. The van der Waals surface area contributed by atoms with Crippen LogP contribution in [-0.2, 0) is 16.1 Å². The van der Waals surface area contributed by atoms with Gasteiger partial charge in [0.05, 0.1) is 19.8 Å². The van der Waals surface area contributed by atoms with Gasteiger partial charge in [0.2, 0.25) is 5.91 Å². The van der Waals surface area contributed by atoms with Crippen LogP contribution in [0.4, 0.5) is 0 Å². The SMILES string of the molecule is CC(CN1CCOCC1)N(Cc1ccccc1)C(=O)CNCC1CC1.Cl.Cl. The molecule has 5 nitrogen and oxygen atoms in total. The Morgan fingerprint density at radius 1 is 1.22 bits per heavy atom. The van der Waals surface area contributed by atoms with Gasteiger partial charge in [-0.25, -0.2) is 0 Å². The fourth-order valence-electron chi connectivity index (χ4n) is 3.33. The van der Waals surface area contributed by atoms with Gasteiger partial charge in [0.1, 0.15) is 0 Å². The van der Waals surface area contributed by atoms with E-state index in [9.17, 15) is 4.79 Å². The maximum absolute atomic E-state index is 12.9. The summed E-state index contributed by atoms with van der Waals surface area (Å²) >= 11 is 0. The van der Waals surface area contributed by atoms with Crippen LogP contribution in [0.15, 0.2) is 30.3 Å². The molecular formula is C20H33Cl2N3O2. The van der Waals surface area contributed by atoms with Crippen LogP contribution in [0.3, 0.4) is 0 Å². The predicted molar refractivity (Wildman–Crippen MR) is 114 cm³/mol. The summed E-state index contributed by atoms with van der Waals surface area (Å²) in [6.07, 6.45) is 2.62. The number of hydrogen-bond donors (Lipinski definition) is 1. The van der Waals surface area contributed by atoms with Crippen LogP contribution in [0.5, 0.6) is 0 Å². The zero-order valence-electron chi connectivity index (χ0n) is 16.1. The summed E-state index contributed by atoms with van der Waals surface area (Å²) in [4.78, 5) is 17.3. The first kappa shape index (κ1) is 24.2. The smallest absolute Gasteiger partial charge is 0.237 e. The minimum atomic E-state index is 0. The highest BCUT2D eigenvalue weighted by atomic mass is 35.5. The maximum Gasteiger partial charge on any atom is 0.237 e. The summed E-state index contributed by atoms with van der Waals surface area (Å²) in [7, 11) is 0. The molecule has 0 bridgehead atoms. The average molecular weight is 418 g/mol. The lowest BCUT2D eigenvalue weighted by Gasteiger charge is -2.35. The van der Waals surface area contributed by atoms with Crippen molar-refractivity contribution in [3.63, 3.8) is 0 Å². The summed E-state index contributed by atoms with van der Waals surface area (Å²) in [5.74, 6) is 0.992. The van der Waals surface area contributed by atoms with Gasteiger partial charge in [-0.15, -0.1) is 24.8 Å². The third-order valence-corrected chi connectivity index (χ3v) is 5.08. The van der Waals surface area contributed by atoms with E-state index in [4.69, 9.17) is 4.74 Å². The second-order valence-corrected chi connectivity index (χ2v) is 7.34. The molecule has 1 saturated carbocycles. The van der Waals surface area contributed by atoms with E-state index in [1.165, 1.54) is 18.4 Å². The van der Waals surface area contributed by atoms with Crippen molar-refractivity contribution < 1.29 is 9.53 Å². The van der Waals surface area contributed by atoms with E-state index in [0.29, 0.717) is 13.1 Å². The molecule has 0 radical (unpaired) electrons. The standard InChI is InChI=1S/C20H31N3O2.2ClH/c1-17(15-22-9-11-25-12-10-22)23(16-19-5-3-2-4-6-19)20(24)14-21-13-18-7-8-18;;/h2-6,17-18,21H,7-16H2,1H3;2*1H. The molecule has 1 atom stereocenters. The van der Waals surface area contributed by atoms with Crippen LogP contribution in [0.2, 0.25) is 0 Å². The molecule has 1 N–H and O–H groups in total.